The summed E-state index contributed by atoms with van der Waals surface area (Å²) in [6.45, 7) is 4.40. The predicted molar refractivity (Wildman–Crippen MR) is 72.3 cm³/mol. The average Bonchev–Trinajstić information content (AvgIpc) is 2.41. The van der Waals surface area contributed by atoms with Gasteiger partial charge in [-0.15, -0.1) is 0 Å². The van der Waals surface area contributed by atoms with Crippen molar-refractivity contribution in [3.05, 3.63) is 35.9 Å². The number of aliphatic hydroxyl groups excluding tert-OH is 1. The Kier molecular flexibility index (Phi) is 4.75. The number of benzene rings is 1. The molecule has 3 nitrogen and oxygen atoms in total. The molecule has 2 rings (SSSR count). The Labute approximate surface area is 109 Å². The molecule has 1 aromatic carbocycles. The molecule has 3 heteroatoms. The SMILES string of the molecule is CCOC(O)C1(Cc2ccccc2)CCNCC1. The van der Waals surface area contributed by atoms with E-state index < -0.39 is 6.29 Å². The fourth-order valence-corrected chi connectivity index (χ4v) is 2.77. The molecule has 0 aliphatic carbocycles. The molecule has 1 atom stereocenters. The van der Waals surface area contributed by atoms with E-state index in [1.54, 1.807) is 0 Å². The summed E-state index contributed by atoms with van der Waals surface area (Å²) < 4.78 is 5.48. The minimum Gasteiger partial charge on any atom is -0.367 e. The number of ether oxygens (including phenoxy) is 1. The molecule has 18 heavy (non-hydrogen) atoms. The zero-order chi connectivity index (χ0) is 12.8. The molecular formula is C15H23NO2. The molecule has 0 aromatic heterocycles. The quantitative estimate of drug-likeness (QED) is 0.784. The first-order valence-corrected chi connectivity index (χ1v) is 6.81. The van der Waals surface area contributed by atoms with E-state index in [0.29, 0.717) is 6.61 Å². The van der Waals surface area contributed by atoms with Gasteiger partial charge in [-0.05, 0) is 44.8 Å². The van der Waals surface area contributed by atoms with Gasteiger partial charge in [0.2, 0.25) is 0 Å². The van der Waals surface area contributed by atoms with E-state index in [4.69, 9.17) is 4.74 Å². The van der Waals surface area contributed by atoms with Crippen LogP contribution in [0.3, 0.4) is 0 Å². The van der Waals surface area contributed by atoms with Gasteiger partial charge in [-0.2, -0.15) is 0 Å². The maximum Gasteiger partial charge on any atom is 0.160 e. The van der Waals surface area contributed by atoms with E-state index in [-0.39, 0.29) is 5.41 Å². The van der Waals surface area contributed by atoms with Crippen LogP contribution in [0.15, 0.2) is 30.3 Å². The van der Waals surface area contributed by atoms with E-state index >= 15 is 0 Å². The molecule has 1 aromatic rings. The zero-order valence-corrected chi connectivity index (χ0v) is 11.1. The predicted octanol–water partition coefficient (Wildman–Crippen LogP) is 1.95. The summed E-state index contributed by atoms with van der Waals surface area (Å²) in [5.74, 6) is 0. The van der Waals surface area contributed by atoms with Gasteiger partial charge in [0.05, 0.1) is 0 Å². The minimum atomic E-state index is -0.662. The van der Waals surface area contributed by atoms with Crippen LogP contribution in [0.5, 0.6) is 0 Å². The van der Waals surface area contributed by atoms with Crippen LogP contribution in [-0.2, 0) is 11.2 Å². The highest BCUT2D eigenvalue weighted by molar-refractivity contribution is 5.17. The zero-order valence-electron chi connectivity index (χ0n) is 11.1. The average molecular weight is 249 g/mol. The van der Waals surface area contributed by atoms with Gasteiger partial charge in [-0.1, -0.05) is 30.3 Å². The lowest BCUT2D eigenvalue weighted by atomic mass is 9.73. The third-order valence-electron chi connectivity index (χ3n) is 3.85. The van der Waals surface area contributed by atoms with Gasteiger partial charge in [0, 0.05) is 12.0 Å². The summed E-state index contributed by atoms with van der Waals surface area (Å²) in [6.07, 6.45) is 2.15. The number of rotatable bonds is 5. The first-order valence-electron chi connectivity index (χ1n) is 6.81. The summed E-state index contributed by atoms with van der Waals surface area (Å²) in [5.41, 5.74) is 1.14. The molecule has 1 aliphatic heterocycles. The molecule has 0 saturated carbocycles. The normalized spacial score (nSPS) is 20.6. The van der Waals surface area contributed by atoms with Crippen LogP contribution >= 0.6 is 0 Å². The monoisotopic (exact) mass is 249 g/mol. The van der Waals surface area contributed by atoms with E-state index in [2.05, 4.69) is 29.6 Å². The van der Waals surface area contributed by atoms with Gasteiger partial charge < -0.3 is 15.2 Å². The second kappa shape index (κ2) is 6.32. The Morgan fingerprint density at radius 1 is 1.28 bits per heavy atom. The molecule has 2 N–H and O–H groups in total. The summed E-state index contributed by atoms with van der Waals surface area (Å²) >= 11 is 0. The van der Waals surface area contributed by atoms with Crippen LogP contribution in [0.2, 0.25) is 0 Å². The van der Waals surface area contributed by atoms with Crippen molar-refractivity contribution in [2.45, 2.75) is 32.5 Å². The Morgan fingerprint density at radius 3 is 2.56 bits per heavy atom. The largest absolute Gasteiger partial charge is 0.367 e. The van der Waals surface area contributed by atoms with Crippen molar-refractivity contribution < 1.29 is 9.84 Å². The van der Waals surface area contributed by atoms with Crippen molar-refractivity contribution in [3.8, 4) is 0 Å². The molecule has 1 aliphatic rings. The smallest absolute Gasteiger partial charge is 0.160 e. The molecule has 0 radical (unpaired) electrons. The maximum atomic E-state index is 10.3. The molecule has 0 spiro atoms. The first-order chi connectivity index (χ1) is 8.77. The van der Waals surface area contributed by atoms with Gasteiger partial charge in [0.25, 0.3) is 0 Å². The number of nitrogens with one attached hydrogen (secondary N) is 1. The third-order valence-corrected chi connectivity index (χ3v) is 3.85. The lowest BCUT2D eigenvalue weighted by Gasteiger charge is -2.41. The van der Waals surface area contributed by atoms with Gasteiger partial charge in [-0.3, -0.25) is 0 Å². The van der Waals surface area contributed by atoms with Crippen LogP contribution in [0.4, 0.5) is 0 Å². The fourth-order valence-electron chi connectivity index (χ4n) is 2.77. The molecular weight excluding hydrogens is 226 g/mol. The van der Waals surface area contributed by atoms with Crippen molar-refractivity contribution in [2.75, 3.05) is 19.7 Å². The molecule has 100 valence electrons. The third kappa shape index (κ3) is 3.10. The van der Waals surface area contributed by atoms with Gasteiger partial charge in [-0.25, -0.2) is 0 Å². The summed E-state index contributed by atoms with van der Waals surface area (Å²) in [4.78, 5) is 0. The van der Waals surface area contributed by atoms with Crippen LogP contribution in [-0.4, -0.2) is 31.1 Å². The Hall–Kier alpha value is -0.900. The Morgan fingerprint density at radius 2 is 1.94 bits per heavy atom. The Bertz CT molecular complexity index is 347. The molecule has 0 bridgehead atoms. The second-order valence-electron chi connectivity index (χ2n) is 5.08. The molecule has 1 unspecified atom stereocenters. The molecule has 1 saturated heterocycles. The standard InChI is InChI=1S/C15H23NO2/c1-2-18-14(17)15(8-10-16-11-9-15)12-13-6-4-3-5-7-13/h3-7,14,16-17H,2,8-12H2,1H3. The van der Waals surface area contributed by atoms with Crippen molar-refractivity contribution in [1.82, 2.24) is 5.32 Å². The van der Waals surface area contributed by atoms with E-state index in [0.717, 1.165) is 32.4 Å². The van der Waals surface area contributed by atoms with Gasteiger partial charge in [0.1, 0.15) is 0 Å². The molecule has 1 heterocycles. The van der Waals surface area contributed by atoms with E-state index in [1.165, 1.54) is 5.56 Å². The first kappa shape index (κ1) is 13.5. The van der Waals surface area contributed by atoms with E-state index in [9.17, 15) is 5.11 Å². The van der Waals surface area contributed by atoms with Crippen molar-refractivity contribution >= 4 is 0 Å². The highest BCUT2D eigenvalue weighted by atomic mass is 16.6. The summed E-state index contributed by atoms with van der Waals surface area (Å²) in [6, 6.07) is 10.4. The lowest BCUT2D eigenvalue weighted by molar-refractivity contribution is -0.181. The highest BCUT2D eigenvalue weighted by Crippen LogP contribution is 2.37. The Balaban J connectivity index is 2.14. The fraction of sp³-hybridized carbons (Fsp3) is 0.600. The van der Waals surface area contributed by atoms with Crippen LogP contribution in [0, 0.1) is 5.41 Å². The maximum absolute atomic E-state index is 10.3. The van der Waals surface area contributed by atoms with E-state index in [1.807, 2.05) is 13.0 Å². The van der Waals surface area contributed by atoms with Crippen LogP contribution in [0.25, 0.3) is 0 Å². The summed E-state index contributed by atoms with van der Waals surface area (Å²) in [7, 11) is 0. The second-order valence-corrected chi connectivity index (χ2v) is 5.08. The molecule has 0 amide bonds. The van der Waals surface area contributed by atoms with Gasteiger partial charge >= 0.3 is 0 Å². The number of aliphatic hydroxyl groups is 1. The van der Waals surface area contributed by atoms with Crippen LogP contribution in [0.1, 0.15) is 25.3 Å². The number of hydrogen-bond donors (Lipinski definition) is 2. The summed E-state index contributed by atoms with van der Waals surface area (Å²) in [5, 5.41) is 13.7. The topological polar surface area (TPSA) is 41.5 Å². The van der Waals surface area contributed by atoms with Crippen molar-refractivity contribution in [3.63, 3.8) is 0 Å². The number of piperidine rings is 1. The minimum absolute atomic E-state index is 0.136. The lowest BCUT2D eigenvalue weighted by Crippen LogP contribution is -2.47. The van der Waals surface area contributed by atoms with Gasteiger partial charge in [0.15, 0.2) is 6.29 Å². The van der Waals surface area contributed by atoms with Crippen molar-refractivity contribution in [1.29, 1.82) is 0 Å². The van der Waals surface area contributed by atoms with Crippen LogP contribution < -0.4 is 5.32 Å². The number of hydrogen-bond acceptors (Lipinski definition) is 3. The highest BCUT2D eigenvalue weighted by Gasteiger charge is 2.39. The van der Waals surface area contributed by atoms with Crippen molar-refractivity contribution in [2.24, 2.45) is 5.41 Å². The molecule has 1 fully saturated rings.